The van der Waals surface area contributed by atoms with Crippen LogP contribution in [0.25, 0.3) is 5.82 Å². The van der Waals surface area contributed by atoms with Crippen molar-refractivity contribution >= 4 is 11.6 Å². The molecule has 0 atom stereocenters. The second-order valence-electron chi connectivity index (χ2n) is 7.59. The molecule has 2 aromatic heterocycles. The second-order valence-corrected chi connectivity index (χ2v) is 7.59. The fourth-order valence-electron chi connectivity index (χ4n) is 3.92. The van der Waals surface area contributed by atoms with Gasteiger partial charge in [-0.3, -0.25) is 4.79 Å². The first-order chi connectivity index (χ1) is 14.5. The lowest BCUT2D eigenvalue weighted by atomic mass is 10.2. The zero-order valence-corrected chi connectivity index (χ0v) is 17.7. The smallest absolute Gasteiger partial charge is 0.260 e. The minimum absolute atomic E-state index is 0.0220. The Balaban J connectivity index is 1.38. The van der Waals surface area contributed by atoms with Crippen molar-refractivity contribution in [2.24, 2.45) is 0 Å². The Morgan fingerprint density at radius 2 is 1.83 bits per heavy atom. The van der Waals surface area contributed by atoms with Crippen LogP contribution in [-0.2, 0) is 4.79 Å². The third kappa shape index (κ3) is 4.15. The molecule has 7 heteroatoms. The summed E-state index contributed by atoms with van der Waals surface area (Å²) in [6.07, 6.45) is 1.77. The number of carbonyl (C=O) groups is 1. The topological polar surface area (TPSA) is 63.5 Å². The van der Waals surface area contributed by atoms with Crippen molar-refractivity contribution in [1.82, 2.24) is 19.7 Å². The highest BCUT2D eigenvalue weighted by atomic mass is 16.5. The van der Waals surface area contributed by atoms with E-state index in [1.807, 2.05) is 65.9 Å². The highest BCUT2D eigenvalue weighted by Gasteiger charge is 2.25. The van der Waals surface area contributed by atoms with Gasteiger partial charge in [-0.15, -0.1) is 0 Å². The maximum atomic E-state index is 12.6. The summed E-state index contributed by atoms with van der Waals surface area (Å²) in [6, 6.07) is 13.6. The molecular formula is C23H27N5O2. The van der Waals surface area contributed by atoms with Crippen LogP contribution in [0.4, 0.5) is 5.69 Å². The van der Waals surface area contributed by atoms with Crippen LogP contribution in [0.3, 0.4) is 0 Å². The van der Waals surface area contributed by atoms with Gasteiger partial charge in [-0.05, 0) is 50.6 Å². The molecule has 4 rings (SSSR count). The number of pyridine rings is 1. The van der Waals surface area contributed by atoms with Crippen LogP contribution < -0.4 is 9.64 Å². The Morgan fingerprint density at radius 3 is 2.53 bits per heavy atom. The van der Waals surface area contributed by atoms with Crippen molar-refractivity contribution in [3.8, 4) is 11.6 Å². The fraction of sp³-hybridized carbons (Fsp3) is 0.348. The summed E-state index contributed by atoms with van der Waals surface area (Å²) >= 11 is 0. The van der Waals surface area contributed by atoms with Crippen molar-refractivity contribution < 1.29 is 9.53 Å². The quantitative estimate of drug-likeness (QED) is 0.653. The molecule has 1 aliphatic rings. The van der Waals surface area contributed by atoms with E-state index in [9.17, 15) is 4.79 Å². The predicted octanol–water partition coefficient (Wildman–Crippen LogP) is 2.92. The van der Waals surface area contributed by atoms with Crippen molar-refractivity contribution in [3.05, 3.63) is 65.6 Å². The largest absolute Gasteiger partial charge is 0.484 e. The zero-order valence-electron chi connectivity index (χ0n) is 17.7. The molecule has 0 aliphatic carbocycles. The van der Waals surface area contributed by atoms with E-state index in [1.54, 1.807) is 6.20 Å². The van der Waals surface area contributed by atoms with Crippen LogP contribution >= 0.6 is 0 Å². The highest BCUT2D eigenvalue weighted by Crippen LogP contribution is 2.27. The van der Waals surface area contributed by atoms with Crippen molar-refractivity contribution in [2.45, 2.75) is 20.8 Å². The normalized spacial score (nSPS) is 14.1. The van der Waals surface area contributed by atoms with E-state index >= 15 is 0 Å². The molecular weight excluding hydrogens is 378 g/mol. The van der Waals surface area contributed by atoms with E-state index in [0.717, 1.165) is 47.3 Å². The van der Waals surface area contributed by atoms with E-state index in [1.165, 1.54) is 0 Å². The van der Waals surface area contributed by atoms with E-state index in [2.05, 4.69) is 16.8 Å². The van der Waals surface area contributed by atoms with Crippen LogP contribution in [0.1, 0.15) is 17.0 Å². The molecule has 3 aromatic rings. The Kier molecular flexibility index (Phi) is 5.70. The van der Waals surface area contributed by atoms with Gasteiger partial charge in [0.05, 0.1) is 17.1 Å². The van der Waals surface area contributed by atoms with Gasteiger partial charge in [-0.1, -0.05) is 18.2 Å². The number of carbonyl (C=O) groups excluding carboxylic acids is 1. The average Bonchev–Trinajstić information content (AvgIpc) is 3.07. The molecule has 3 heterocycles. The maximum absolute atomic E-state index is 12.6. The highest BCUT2D eigenvalue weighted by molar-refractivity contribution is 5.78. The third-order valence-corrected chi connectivity index (χ3v) is 5.42. The van der Waals surface area contributed by atoms with Crippen molar-refractivity contribution in [2.75, 3.05) is 37.7 Å². The number of amides is 1. The molecule has 0 radical (unpaired) electrons. The Bertz CT molecular complexity index is 1020. The summed E-state index contributed by atoms with van der Waals surface area (Å²) in [4.78, 5) is 21.2. The molecule has 0 N–H and O–H groups in total. The van der Waals surface area contributed by atoms with Crippen molar-refractivity contribution in [1.29, 1.82) is 0 Å². The number of aryl methyl sites for hydroxylation is 2. The molecule has 156 valence electrons. The summed E-state index contributed by atoms with van der Waals surface area (Å²) in [6.45, 7) is 9.05. The summed E-state index contributed by atoms with van der Waals surface area (Å²) in [5.74, 6) is 1.57. The number of nitrogens with zero attached hydrogens (tertiary/aromatic N) is 5. The van der Waals surface area contributed by atoms with E-state index < -0.39 is 0 Å². The zero-order chi connectivity index (χ0) is 21.1. The summed E-state index contributed by atoms with van der Waals surface area (Å²) < 4.78 is 7.57. The van der Waals surface area contributed by atoms with Crippen LogP contribution in [-0.4, -0.2) is 58.4 Å². The van der Waals surface area contributed by atoms with E-state index in [4.69, 9.17) is 9.84 Å². The Morgan fingerprint density at radius 1 is 1.03 bits per heavy atom. The van der Waals surface area contributed by atoms with Gasteiger partial charge in [0.15, 0.2) is 12.4 Å². The van der Waals surface area contributed by atoms with Gasteiger partial charge in [0, 0.05) is 32.4 Å². The molecule has 0 saturated carbocycles. The number of hydrogen-bond acceptors (Lipinski definition) is 5. The van der Waals surface area contributed by atoms with Gasteiger partial charge < -0.3 is 14.5 Å². The summed E-state index contributed by atoms with van der Waals surface area (Å²) in [7, 11) is 0. The lowest BCUT2D eigenvalue weighted by molar-refractivity contribution is -0.133. The Labute approximate surface area is 176 Å². The lowest BCUT2D eigenvalue weighted by Gasteiger charge is -2.36. The average molecular weight is 406 g/mol. The number of rotatable bonds is 5. The van der Waals surface area contributed by atoms with Crippen LogP contribution in [0, 0.1) is 20.8 Å². The molecule has 1 aliphatic heterocycles. The number of aromatic nitrogens is 3. The van der Waals surface area contributed by atoms with Gasteiger partial charge >= 0.3 is 0 Å². The first kappa shape index (κ1) is 19.9. The molecule has 1 aromatic carbocycles. The number of ether oxygens (including phenoxy) is 1. The molecule has 1 saturated heterocycles. The van der Waals surface area contributed by atoms with Gasteiger partial charge in [0.1, 0.15) is 5.75 Å². The van der Waals surface area contributed by atoms with Crippen molar-refractivity contribution in [3.63, 3.8) is 0 Å². The number of hydrogen-bond donors (Lipinski definition) is 0. The van der Waals surface area contributed by atoms with Crippen LogP contribution in [0.2, 0.25) is 0 Å². The second kappa shape index (κ2) is 8.57. The first-order valence-electron chi connectivity index (χ1n) is 10.2. The van der Waals surface area contributed by atoms with Gasteiger partial charge in [0.25, 0.3) is 5.91 Å². The first-order valence-corrected chi connectivity index (χ1v) is 10.2. The fourth-order valence-corrected chi connectivity index (χ4v) is 3.92. The van der Waals surface area contributed by atoms with Gasteiger partial charge in [0.2, 0.25) is 0 Å². The predicted molar refractivity (Wildman–Crippen MR) is 116 cm³/mol. The summed E-state index contributed by atoms with van der Waals surface area (Å²) in [5, 5.41) is 4.69. The lowest BCUT2D eigenvalue weighted by Crippen LogP contribution is -2.50. The monoisotopic (exact) mass is 405 g/mol. The molecule has 0 spiro atoms. The Hall–Kier alpha value is -3.35. The van der Waals surface area contributed by atoms with Gasteiger partial charge in [-0.25, -0.2) is 9.67 Å². The van der Waals surface area contributed by atoms with E-state index in [-0.39, 0.29) is 12.5 Å². The molecule has 0 unspecified atom stereocenters. The standard InChI is InChI=1S/C23H27N5O2/c1-17-7-6-8-20(15-17)30-16-22(29)26-11-13-27(14-12-26)23-18(2)25-28(19(23)3)21-9-4-5-10-24-21/h4-10,15H,11-14,16H2,1-3H3. The van der Waals surface area contributed by atoms with E-state index in [0.29, 0.717) is 13.1 Å². The SMILES string of the molecule is Cc1cccc(OCC(=O)N2CCN(c3c(C)nn(-c4ccccn4)c3C)CC2)c1. The summed E-state index contributed by atoms with van der Waals surface area (Å²) in [5.41, 5.74) is 4.28. The number of anilines is 1. The van der Waals surface area contributed by atoms with Gasteiger partial charge in [-0.2, -0.15) is 5.10 Å². The molecule has 0 bridgehead atoms. The minimum atomic E-state index is 0.0220. The third-order valence-electron chi connectivity index (χ3n) is 5.42. The molecule has 1 amide bonds. The van der Waals surface area contributed by atoms with Crippen LogP contribution in [0.15, 0.2) is 48.7 Å². The molecule has 1 fully saturated rings. The number of piperazine rings is 1. The van der Waals surface area contributed by atoms with Crippen LogP contribution in [0.5, 0.6) is 5.75 Å². The minimum Gasteiger partial charge on any atom is -0.484 e. The molecule has 7 nitrogen and oxygen atoms in total. The maximum Gasteiger partial charge on any atom is 0.260 e. The number of benzene rings is 1. The molecule has 30 heavy (non-hydrogen) atoms.